The number of rotatable bonds is 8. The number of hydrogen-bond donors (Lipinski definition) is 1. The van der Waals surface area contributed by atoms with Crippen LogP contribution in [0.15, 0.2) is 30.3 Å². The van der Waals surface area contributed by atoms with E-state index in [2.05, 4.69) is 47.6 Å². The van der Waals surface area contributed by atoms with Crippen molar-refractivity contribution in [2.45, 2.75) is 69.7 Å². The predicted molar refractivity (Wildman–Crippen MR) is 103 cm³/mol. The van der Waals surface area contributed by atoms with Crippen LogP contribution in [-0.4, -0.2) is 37.1 Å². The molecular formula is C22H36N2. The molecule has 1 saturated heterocycles. The third-order valence-electron chi connectivity index (χ3n) is 6.57. The smallest absolute Gasteiger partial charge is 0.0213 e. The predicted octanol–water partition coefficient (Wildman–Crippen LogP) is 4.64. The maximum atomic E-state index is 3.30. The van der Waals surface area contributed by atoms with Crippen LogP contribution < -0.4 is 5.32 Å². The second-order valence-corrected chi connectivity index (χ2v) is 8.09. The molecule has 0 bridgehead atoms. The van der Waals surface area contributed by atoms with Crippen molar-refractivity contribution >= 4 is 0 Å². The molecule has 1 aliphatic carbocycles. The van der Waals surface area contributed by atoms with Gasteiger partial charge in [0, 0.05) is 5.54 Å². The number of benzene rings is 1. The van der Waals surface area contributed by atoms with Gasteiger partial charge in [0.2, 0.25) is 0 Å². The van der Waals surface area contributed by atoms with Gasteiger partial charge in [0.25, 0.3) is 0 Å². The first-order valence-electron chi connectivity index (χ1n) is 10.3. The second kappa shape index (κ2) is 9.01. The largest absolute Gasteiger partial charge is 0.320 e. The van der Waals surface area contributed by atoms with Crippen LogP contribution >= 0.6 is 0 Å². The molecule has 0 amide bonds. The van der Waals surface area contributed by atoms with E-state index in [0.717, 1.165) is 5.92 Å². The van der Waals surface area contributed by atoms with Crippen molar-refractivity contribution in [1.29, 1.82) is 0 Å². The number of nitrogens with one attached hydrogen (secondary N) is 1. The molecule has 24 heavy (non-hydrogen) atoms. The van der Waals surface area contributed by atoms with Crippen LogP contribution in [0.3, 0.4) is 0 Å². The fourth-order valence-electron chi connectivity index (χ4n) is 5.01. The summed E-state index contributed by atoms with van der Waals surface area (Å²) < 4.78 is 0. The molecule has 2 aliphatic rings. The third kappa shape index (κ3) is 4.61. The zero-order valence-electron chi connectivity index (χ0n) is 15.6. The molecule has 1 aromatic rings. The van der Waals surface area contributed by atoms with Crippen molar-refractivity contribution in [2.24, 2.45) is 5.92 Å². The Hall–Kier alpha value is -0.860. The van der Waals surface area contributed by atoms with Crippen molar-refractivity contribution in [2.75, 3.05) is 26.7 Å². The molecule has 3 rings (SSSR count). The molecule has 2 fully saturated rings. The molecule has 0 atom stereocenters. The maximum absolute atomic E-state index is 3.30. The summed E-state index contributed by atoms with van der Waals surface area (Å²) in [5, 5.41) is 3.30. The van der Waals surface area contributed by atoms with Crippen molar-refractivity contribution in [3.63, 3.8) is 0 Å². The fraction of sp³-hybridized carbons (Fsp3) is 0.727. The quantitative estimate of drug-likeness (QED) is 0.699. The highest BCUT2D eigenvalue weighted by Crippen LogP contribution is 2.42. The van der Waals surface area contributed by atoms with Crippen LogP contribution in [0.2, 0.25) is 0 Å². The van der Waals surface area contributed by atoms with Crippen LogP contribution in [0.1, 0.15) is 63.4 Å². The number of likely N-dealkylation sites (tertiary alicyclic amines) is 1. The van der Waals surface area contributed by atoms with Crippen LogP contribution in [0, 0.1) is 5.92 Å². The molecule has 0 radical (unpaired) electrons. The zero-order valence-corrected chi connectivity index (χ0v) is 15.6. The van der Waals surface area contributed by atoms with Gasteiger partial charge < -0.3 is 5.32 Å². The summed E-state index contributed by atoms with van der Waals surface area (Å²) >= 11 is 0. The lowest BCUT2D eigenvalue weighted by atomic mass is 9.71. The van der Waals surface area contributed by atoms with E-state index in [1.165, 1.54) is 89.4 Å². The Balaban J connectivity index is 1.58. The van der Waals surface area contributed by atoms with E-state index in [1.807, 2.05) is 0 Å². The summed E-state index contributed by atoms with van der Waals surface area (Å²) in [7, 11) is 2.07. The van der Waals surface area contributed by atoms with E-state index in [-0.39, 0.29) is 0 Å². The van der Waals surface area contributed by atoms with Gasteiger partial charge in [-0.15, -0.1) is 0 Å². The van der Waals surface area contributed by atoms with Gasteiger partial charge in [0.05, 0.1) is 0 Å². The summed E-state index contributed by atoms with van der Waals surface area (Å²) in [6, 6.07) is 11.1. The lowest BCUT2D eigenvalue weighted by Gasteiger charge is -2.47. The number of nitrogens with zero attached hydrogens (tertiary/aromatic N) is 1. The Morgan fingerprint density at radius 2 is 1.79 bits per heavy atom. The fourth-order valence-corrected chi connectivity index (χ4v) is 5.01. The van der Waals surface area contributed by atoms with Gasteiger partial charge in [-0.3, -0.25) is 4.90 Å². The van der Waals surface area contributed by atoms with E-state index in [4.69, 9.17) is 0 Å². The molecule has 134 valence electrons. The average Bonchev–Trinajstić information content (AvgIpc) is 3.18. The lowest BCUT2D eigenvalue weighted by Crippen LogP contribution is -2.50. The standard InChI is InChI=1S/C22H36N2/c1-23-17-7-10-21-12-15-22(16-13-21,24-18-5-6-19-24)14-11-20-8-3-2-4-9-20/h2-4,8-9,21,23H,5-7,10-19H2,1H3. The van der Waals surface area contributed by atoms with E-state index in [0.29, 0.717) is 5.54 Å². The Morgan fingerprint density at radius 3 is 2.46 bits per heavy atom. The highest BCUT2D eigenvalue weighted by atomic mass is 15.2. The van der Waals surface area contributed by atoms with Gasteiger partial charge in [0.1, 0.15) is 0 Å². The van der Waals surface area contributed by atoms with E-state index < -0.39 is 0 Å². The van der Waals surface area contributed by atoms with Gasteiger partial charge >= 0.3 is 0 Å². The molecule has 1 saturated carbocycles. The Morgan fingerprint density at radius 1 is 1.08 bits per heavy atom. The van der Waals surface area contributed by atoms with Gasteiger partial charge in [-0.05, 0) is 102 Å². The summed E-state index contributed by atoms with van der Waals surface area (Å²) in [4.78, 5) is 2.87. The number of hydrogen-bond acceptors (Lipinski definition) is 2. The van der Waals surface area contributed by atoms with Gasteiger partial charge in [-0.25, -0.2) is 0 Å². The molecule has 1 aromatic carbocycles. The van der Waals surface area contributed by atoms with Crippen LogP contribution in [0.4, 0.5) is 0 Å². The first-order valence-corrected chi connectivity index (χ1v) is 10.3. The van der Waals surface area contributed by atoms with Gasteiger partial charge in [-0.1, -0.05) is 30.3 Å². The van der Waals surface area contributed by atoms with Crippen molar-refractivity contribution < 1.29 is 0 Å². The highest BCUT2D eigenvalue weighted by molar-refractivity contribution is 5.15. The molecular weight excluding hydrogens is 292 g/mol. The SMILES string of the molecule is CNCCCC1CCC(CCc2ccccc2)(N2CCCC2)CC1. The van der Waals surface area contributed by atoms with E-state index >= 15 is 0 Å². The summed E-state index contributed by atoms with van der Waals surface area (Å²) in [5.41, 5.74) is 2.03. The summed E-state index contributed by atoms with van der Waals surface area (Å²) in [6.07, 6.45) is 14.0. The second-order valence-electron chi connectivity index (χ2n) is 8.09. The number of aryl methyl sites for hydroxylation is 1. The highest BCUT2D eigenvalue weighted by Gasteiger charge is 2.40. The van der Waals surface area contributed by atoms with Crippen LogP contribution in [-0.2, 0) is 6.42 Å². The average molecular weight is 329 g/mol. The minimum Gasteiger partial charge on any atom is -0.320 e. The first-order chi connectivity index (χ1) is 11.8. The molecule has 1 heterocycles. The van der Waals surface area contributed by atoms with Crippen LogP contribution in [0.5, 0.6) is 0 Å². The zero-order chi connectivity index (χ0) is 16.7. The Labute approximate surface area is 149 Å². The van der Waals surface area contributed by atoms with Crippen molar-refractivity contribution in [1.82, 2.24) is 10.2 Å². The third-order valence-corrected chi connectivity index (χ3v) is 6.57. The maximum Gasteiger partial charge on any atom is 0.0213 e. The molecule has 0 aromatic heterocycles. The molecule has 2 heteroatoms. The molecule has 2 nitrogen and oxygen atoms in total. The molecule has 1 N–H and O–H groups in total. The van der Waals surface area contributed by atoms with Gasteiger partial charge in [-0.2, -0.15) is 0 Å². The Kier molecular flexibility index (Phi) is 6.74. The molecule has 0 unspecified atom stereocenters. The summed E-state index contributed by atoms with van der Waals surface area (Å²) in [6.45, 7) is 3.88. The lowest BCUT2D eigenvalue weighted by molar-refractivity contribution is 0.0460. The minimum absolute atomic E-state index is 0.506. The molecule has 1 aliphatic heterocycles. The monoisotopic (exact) mass is 328 g/mol. The van der Waals surface area contributed by atoms with E-state index in [1.54, 1.807) is 0 Å². The minimum atomic E-state index is 0.506. The topological polar surface area (TPSA) is 15.3 Å². The van der Waals surface area contributed by atoms with Crippen molar-refractivity contribution in [3.05, 3.63) is 35.9 Å². The Bertz CT molecular complexity index is 456. The normalized spacial score (nSPS) is 28.3. The summed E-state index contributed by atoms with van der Waals surface area (Å²) in [5.74, 6) is 0.978. The molecule has 0 spiro atoms. The first kappa shape index (κ1) is 17.9. The van der Waals surface area contributed by atoms with Crippen molar-refractivity contribution in [3.8, 4) is 0 Å². The van der Waals surface area contributed by atoms with Crippen LogP contribution in [0.25, 0.3) is 0 Å². The van der Waals surface area contributed by atoms with Gasteiger partial charge in [0.15, 0.2) is 0 Å². The van der Waals surface area contributed by atoms with E-state index in [9.17, 15) is 0 Å².